The zero-order valence-electron chi connectivity index (χ0n) is 11.0. The normalized spacial score (nSPS) is 12.3. The zero-order chi connectivity index (χ0) is 13.5. The summed E-state index contributed by atoms with van der Waals surface area (Å²) in [6.45, 7) is 6.91. The van der Waals surface area contributed by atoms with Gasteiger partial charge in [0.15, 0.2) is 11.4 Å². The molecule has 2 rings (SSSR count). The summed E-state index contributed by atoms with van der Waals surface area (Å²) in [5.74, 6) is 0.476. The molecule has 1 aromatic carbocycles. The number of halogens is 2. The third-order valence-corrected chi connectivity index (χ3v) is 3.33. The molecule has 0 aliphatic carbocycles. The van der Waals surface area contributed by atoms with E-state index in [2.05, 4.69) is 42.0 Å². The van der Waals surface area contributed by atoms with Gasteiger partial charge in [0, 0.05) is 15.4 Å². The van der Waals surface area contributed by atoms with Crippen LogP contribution in [0.5, 0.6) is 0 Å². The van der Waals surface area contributed by atoms with Crippen LogP contribution in [0.15, 0.2) is 21.0 Å². The van der Waals surface area contributed by atoms with Crippen LogP contribution in [-0.2, 0) is 12.0 Å². The Kier molecular flexibility index (Phi) is 3.52. The van der Waals surface area contributed by atoms with E-state index >= 15 is 0 Å². The smallest absolute Gasteiger partial charge is 0.170 e. The van der Waals surface area contributed by atoms with Crippen LogP contribution in [0.3, 0.4) is 0 Å². The van der Waals surface area contributed by atoms with Crippen LogP contribution in [0.4, 0.5) is 4.39 Å². The van der Waals surface area contributed by atoms with Crippen LogP contribution in [0.1, 0.15) is 32.1 Å². The molecule has 1 N–H and O–H groups in total. The Labute approximate surface area is 115 Å². The Balaban J connectivity index is 2.81. The zero-order valence-corrected chi connectivity index (χ0v) is 12.6. The van der Waals surface area contributed by atoms with Crippen molar-refractivity contribution >= 4 is 26.9 Å². The van der Waals surface area contributed by atoms with Gasteiger partial charge >= 0.3 is 0 Å². The second-order valence-corrected chi connectivity index (χ2v) is 6.36. The maximum absolute atomic E-state index is 13.9. The maximum Gasteiger partial charge on any atom is 0.170 e. The van der Waals surface area contributed by atoms with E-state index in [9.17, 15) is 4.39 Å². The second kappa shape index (κ2) is 4.67. The summed E-state index contributed by atoms with van der Waals surface area (Å²) in [6, 6.07) is 3.35. The molecule has 0 saturated heterocycles. The van der Waals surface area contributed by atoms with Crippen molar-refractivity contribution < 1.29 is 8.81 Å². The van der Waals surface area contributed by atoms with Crippen LogP contribution in [0, 0.1) is 5.82 Å². The van der Waals surface area contributed by atoms with Crippen LogP contribution < -0.4 is 5.32 Å². The number of benzene rings is 1. The average molecular weight is 314 g/mol. The molecule has 0 amide bonds. The molecule has 0 aliphatic rings. The van der Waals surface area contributed by atoms with E-state index in [0.29, 0.717) is 12.1 Å². The van der Waals surface area contributed by atoms with E-state index in [4.69, 9.17) is 4.42 Å². The highest BCUT2D eigenvalue weighted by molar-refractivity contribution is 9.10. The lowest BCUT2D eigenvalue weighted by molar-refractivity contribution is 0.482. The van der Waals surface area contributed by atoms with Crippen molar-refractivity contribution in [1.29, 1.82) is 0 Å². The summed E-state index contributed by atoms with van der Waals surface area (Å²) in [5, 5.41) is 3.91. The van der Waals surface area contributed by atoms with Gasteiger partial charge in [-0.15, -0.1) is 0 Å². The Morgan fingerprint density at radius 1 is 1.33 bits per heavy atom. The summed E-state index contributed by atoms with van der Waals surface area (Å²) in [6.07, 6.45) is 0. The first-order valence-corrected chi connectivity index (χ1v) is 6.69. The third kappa shape index (κ3) is 2.31. The van der Waals surface area contributed by atoms with Crippen molar-refractivity contribution in [1.82, 2.24) is 5.32 Å². The molecule has 18 heavy (non-hydrogen) atoms. The average Bonchev–Trinajstić information content (AvgIpc) is 2.56. The van der Waals surface area contributed by atoms with Crippen molar-refractivity contribution in [2.24, 2.45) is 0 Å². The van der Waals surface area contributed by atoms with Crippen molar-refractivity contribution in [2.45, 2.75) is 32.7 Å². The van der Waals surface area contributed by atoms with E-state index in [-0.39, 0.29) is 11.2 Å². The van der Waals surface area contributed by atoms with Crippen LogP contribution in [0.25, 0.3) is 11.0 Å². The minimum absolute atomic E-state index is 0.0926. The van der Waals surface area contributed by atoms with Gasteiger partial charge in [-0.3, -0.25) is 0 Å². The minimum Gasteiger partial charge on any atom is -0.456 e. The van der Waals surface area contributed by atoms with Gasteiger partial charge in [-0.2, -0.15) is 0 Å². The molecule has 2 nitrogen and oxygen atoms in total. The molecule has 0 aliphatic heterocycles. The number of rotatable bonds is 2. The van der Waals surface area contributed by atoms with Gasteiger partial charge in [0.05, 0.1) is 6.54 Å². The number of nitrogens with one attached hydrogen (secondary N) is 1. The molecule has 0 atom stereocenters. The summed E-state index contributed by atoms with van der Waals surface area (Å²) >= 11 is 3.34. The summed E-state index contributed by atoms with van der Waals surface area (Å²) in [4.78, 5) is 0. The number of hydrogen-bond acceptors (Lipinski definition) is 2. The molecule has 0 bridgehead atoms. The lowest BCUT2D eigenvalue weighted by Crippen LogP contribution is -2.15. The molecule has 0 radical (unpaired) electrons. The van der Waals surface area contributed by atoms with E-state index in [1.165, 1.54) is 6.07 Å². The van der Waals surface area contributed by atoms with E-state index < -0.39 is 0 Å². The number of furan rings is 1. The monoisotopic (exact) mass is 313 g/mol. The lowest BCUT2D eigenvalue weighted by atomic mass is 9.84. The largest absolute Gasteiger partial charge is 0.456 e. The van der Waals surface area contributed by atoms with E-state index in [1.807, 2.05) is 13.1 Å². The lowest BCUT2D eigenvalue weighted by Gasteiger charge is -2.19. The van der Waals surface area contributed by atoms with Gasteiger partial charge in [-0.05, 0) is 24.6 Å². The number of hydrogen-bond donors (Lipinski definition) is 1. The second-order valence-electron chi connectivity index (χ2n) is 5.44. The van der Waals surface area contributed by atoms with Gasteiger partial charge < -0.3 is 9.73 Å². The third-order valence-electron chi connectivity index (χ3n) is 2.87. The first kappa shape index (κ1) is 13.6. The summed E-state index contributed by atoms with van der Waals surface area (Å²) in [7, 11) is 1.85. The highest BCUT2D eigenvalue weighted by Gasteiger charge is 2.26. The molecule has 0 saturated carbocycles. The molecular formula is C14H17BrFNO. The molecule has 4 heteroatoms. The number of fused-ring (bicyclic) bond motifs is 1. The van der Waals surface area contributed by atoms with Crippen LogP contribution in [0.2, 0.25) is 0 Å². The Morgan fingerprint density at radius 2 is 2.00 bits per heavy atom. The Morgan fingerprint density at radius 3 is 2.56 bits per heavy atom. The Hall–Kier alpha value is -0.870. The van der Waals surface area contributed by atoms with Gasteiger partial charge in [-0.1, -0.05) is 36.7 Å². The van der Waals surface area contributed by atoms with Crippen molar-refractivity contribution in [3.8, 4) is 0 Å². The maximum atomic E-state index is 13.9. The molecule has 2 aromatic rings. The molecule has 1 aromatic heterocycles. The standard InChI is InChI=1S/C14H17BrFNO/c1-14(2,3)12-9-5-8(15)6-10(16)13(9)18-11(12)7-17-4/h5-6,17H,7H2,1-4H3. The summed E-state index contributed by atoms with van der Waals surface area (Å²) < 4.78 is 20.3. The molecule has 0 fully saturated rings. The fourth-order valence-corrected chi connectivity index (χ4v) is 2.71. The van der Waals surface area contributed by atoms with Crippen LogP contribution in [-0.4, -0.2) is 7.05 Å². The van der Waals surface area contributed by atoms with Crippen LogP contribution >= 0.6 is 15.9 Å². The first-order chi connectivity index (χ1) is 8.34. The highest BCUT2D eigenvalue weighted by atomic mass is 79.9. The Bertz CT molecular complexity index is 583. The predicted octanol–water partition coefficient (Wildman–Crippen LogP) is 4.35. The fraction of sp³-hybridized carbons (Fsp3) is 0.429. The molecule has 98 valence electrons. The molecule has 1 heterocycles. The summed E-state index contributed by atoms with van der Waals surface area (Å²) in [5.41, 5.74) is 1.31. The van der Waals surface area contributed by atoms with Crippen molar-refractivity contribution in [3.63, 3.8) is 0 Å². The van der Waals surface area contributed by atoms with Gasteiger partial charge in [0.1, 0.15) is 5.76 Å². The van der Waals surface area contributed by atoms with E-state index in [0.717, 1.165) is 21.2 Å². The minimum atomic E-state index is -0.327. The topological polar surface area (TPSA) is 25.2 Å². The molecular weight excluding hydrogens is 297 g/mol. The van der Waals surface area contributed by atoms with Gasteiger partial charge in [0.25, 0.3) is 0 Å². The molecule has 0 spiro atoms. The van der Waals surface area contributed by atoms with E-state index in [1.54, 1.807) is 0 Å². The quantitative estimate of drug-likeness (QED) is 0.891. The van der Waals surface area contributed by atoms with Crippen molar-refractivity contribution in [2.75, 3.05) is 7.05 Å². The first-order valence-electron chi connectivity index (χ1n) is 5.90. The van der Waals surface area contributed by atoms with Gasteiger partial charge in [0.2, 0.25) is 0 Å². The highest BCUT2D eigenvalue weighted by Crippen LogP contribution is 2.38. The predicted molar refractivity (Wildman–Crippen MR) is 75.3 cm³/mol. The molecule has 0 unspecified atom stereocenters. The SMILES string of the molecule is CNCc1oc2c(F)cc(Br)cc2c1C(C)(C)C. The fourth-order valence-electron chi connectivity index (χ4n) is 2.28. The van der Waals surface area contributed by atoms with Gasteiger partial charge in [-0.25, -0.2) is 4.39 Å². The van der Waals surface area contributed by atoms with Crippen molar-refractivity contribution in [3.05, 3.63) is 33.7 Å².